The van der Waals surface area contributed by atoms with Crippen LogP contribution < -0.4 is 0 Å². The summed E-state index contributed by atoms with van der Waals surface area (Å²) >= 11 is 1.20. The summed E-state index contributed by atoms with van der Waals surface area (Å²) < 4.78 is 2.18. The van der Waals surface area contributed by atoms with Crippen molar-refractivity contribution in [1.82, 2.24) is 14.5 Å². The van der Waals surface area contributed by atoms with Crippen molar-refractivity contribution < 1.29 is 9.59 Å². The molecule has 0 bridgehead atoms. The molecule has 0 saturated carbocycles. The summed E-state index contributed by atoms with van der Waals surface area (Å²) in [5, 5.41) is 15.5. The van der Waals surface area contributed by atoms with E-state index in [0.29, 0.717) is 10.2 Å². The molecule has 3 aliphatic heterocycles. The van der Waals surface area contributed by atoms with Gasteiger partial charge in [0, 0.05) is 30.2 Å². The first-order valence-corrected chi connectivity index (χ1v) is 13.1. The van der Waals surface area contributed by atoms with Gasteiger partial charge in [0.1, 0.15) is 5.04 Å². The van der Waals surface area contributed by atoms with Crippen LogP contribution >= 0.6 is 11.8 Å². The van der Waals surface area contributed by atoms with Crippen molar-refractivity contribution in [3.05, 3.63) is 57.9 Å². The van der Waals surface area contributed by atoms with E-state index in [9.17, 15) is 9.59 Å². The number of amides is 2. The van der Waals surface area contributed by atoms with Gasteiger partial charge in [-0.2, -0.15) is 15.1 Å². The highest BCUT2D eigenvalue weighted by Gasteiger charge is 2.36. The molecule has 8 nitrogen and oxygen atoms in total. The Hall–Kier alpha value is -3.46. The van der Waals surface area contributed by atoms with Crippen LogP contribution in [0.2, 0.25) is 0 Å². The normalized spacial score (nSPS) is 19.1. The lowest BCUT2D eigenvalue weighted by Crippen LogP contribution is -2.36. The van der Waals surface area contributed by atoms with E-state index in [1.165, 1.54) is 27.9 Å². The molecule has 1 aromatic carbocycles. The number of aliphatic imine (C=N–C) groups is 1. The van der Waals surface area contributed by atoms with Crippen LogP contribution in [0.4, 0.5) is 0 Å². The molecule has 36 heavy (non-hydrogen) atoms. The largest absolute Gasteiger partial charge is 0.342 e. The number of amidine groups is 2. The van der Waals surface area contributed by atoms with Gasteiger partial charge in [-0.1, -0.05) is 12.1 Å². The second-order valence-corrected chi connectivity index (χ2v) is 10.6. The monoisotopic (exact) mass is 502 g/mol. The summed E-state index contributed by atoms with van der Waals surface area (Å²) in [6.07, 6.45) is 5.11. The van der Waals surface area contributed by atoms with E-state index < -0.39 is 5.91 Å². The Kier molecular flexibility index (Phi) is 6.42. The second-order valence-electron chi connectivity index (χ2n) is 9.51. The predicted molar refractivity (Wildman–Crippen MR) is 145 cm³/mol. The summed E-state index contributed by atoms with van der Waals surface area (Å²) in [4.78, 5) is 31.7. The number of fused-ring (bicyclic) bond motifs is 1. The molecule has 1 N–H and O–H groups in total. The number of nitrogens with one attached hydrogen (secondary N) is 1. The summed E-state index contributed by atoms with van der Waals surface area (Å²) in [6.45, 7) is 9.81. The Balaban J connectivity index is 1.41. The second kappa shape index (κ2) is 9.54. The summed E-state index contributed by atoms with van der Waals surface area (Å²) in [6, 6.07) is 8.25. The van der Waals surface area contributed by atoms with Crippen molar-refractivity contribution in [2.24, 2.45) is 10.1 Å². The lowest BCUT2D eigenvalue weighted by atomic mass is 10.1. The molecular weight excluding hydrogens is 472 g/mol. The maximum atomic E-state index is 12.9. The van der Waals surface area contributed by atoms with Crippen LogP contribution in [-0.2, 0) is 9.59 Å². The average molecular weight is 503 g/mol. The Bertz CT molecular complexity index is 1380. The van der Waals surface area contributed by atoms with Gasteiger partial charge >= 0.3 is 0 Å². The molecule has 0 unspecified atom stereocenters. The van der Waals surface area contributed by atoms with Gasteiger partial charge in [0.05, 0.1) is 12.0 Å². The highest BCUT2D eigenvalue weighted by molar-refractivity contribution is 8.27. The SMILES string of the molecule is Cc1cccc(-n2c(C)cc(C=C3C(=N)N4N=C(CC(=O)N5CCCCC5)SC4=NC3=O)c2C)c1C. The number of benzene rings is 1. The summed E-state index contributed by atoms with van der Waals surface area (Å²) in [7, 11) is 0. The number of aromatic nitrogens is 1. The zero-order valence-corrected chi connectivity index (χ0v) is 21.9. The van der Waals surface area contributed by atoms with Gasteiger partial charge in [-0.05, 0) is 93.6 Å². The first kappa shape index (κ1) is 24.2. The molecule has 9 heteroatoms. The van der Waals surface area contributed by atoms with E-state index in [0.717, 1.165) is 55.0 Å². The number of carbonyl (C=O) groups excluding carboxylic acids is 2. The average Bonchev–Trinajstić information content (AvgIpc) is 3.38. The Morgan fingerprint density at radius 2 is 1.89 bits per heavy atom. The Morgan fingerprint density at radius 1 is 1.14 bits per heavy atom. The molecule has 0 aliphatic carbocycles. The van der Waals surface area contributed by atoms with E-state index in [1.807, 2.05) is 30.9 Å². The third kappa shape index (κ3) is 4.32. The van der Waals surface area contributed by atoms with Gasteiger partial charge in [-0.15, -0.1) is 0 Å². The number of thioether (sulfide) groups is 1. The summed E-state index contributed by atoms with van der Waals surface area (Å²) in [5.41, 5.74) is 6.58. The smallest absolute Gasteiger partial charge is 0.283 e. The van der Waals surface area contributed by atoms with Crippen LogP contribution in [0.1, 0.15) is 53.8 Å². The minimum absolute atomic E-state index is 0.0190. The van der Waals surface area contributed by atoms with E-state index in [-0.39, 0.29) is 23.7 Å². The molecule has 2 aromatic rings. The zero-order chi connectivity index (χ0) is 25.6. The fourth-order valence-electron chi connectivity index (χ4n) is 4.93. The van der Waals surface area contributed by atoms with E-state index in [4.69, 9.17) is 5.41 Å². The van der Waals surface area contributed by atoms with Crippen molar-refractivity contribution in [2.75, 3.05) is 13.1 Å². The molecule has 186 valence electrons. The van der Waals surface area contributed by atoms with Crippen molar-refractivity contribution in [1.29, 1.82) is 5.41 Å². The van der Waals surface area contributed by atoms with Crippen LogP contribution in [0.3, 0.4) is 0 Å². The number of hydrogen-bond donors (Lipinski definition) is 1. The quantitative estimate of drug-likeness (QED) is 0.612. The number of nitrogens with zero attached hydrogens (tertiary/aromatic N) is 5. The zero-order valence-electron chi connectivity index (χ0n) is 21.1. The summed E-state index contributed by atoms with van der Waals surface area (Å²) in [5.74, 6) is -0.447. The Morgan fingerprint density at radius 3 is 2.64 bits per heavy atom. The molecule has 3 aliphatic rings. The molecule has 0 spiro atoms. The Labute approximate surface area is 215 Å². The van der Waals surface area contributed by atoms with Gasteiger partial charge in [-0.25, -0.2) is 0 Å². The minimum atomic E-state index is -0.464. The number of hydrogen-bond acceptors (Lipinski definition) is 5. The van der Waals surface area contributed by atoms with Crippen LogP contribution in [0.5, 0.6) is 0 Å². The third-order valence-electron chi connectivity index (χ3n) is 7.09. The first-order chi connectivity index (χ1) is 17.2. The number of likely N-dealkylation sites (tertiary alicyclic amines) is 1. The van der Waals surface area contributed by atoms with E-state index in [2.05, 4.69) is 40.6 Å². The standard InChI is InChI=1S/C27H30N6O2S/c1-16-9-8-10-22(18(16)3)32-17(2)13-20(19(32)4)14-21-25(28)33-27(29-26(21)35)36-23(30-33)15-24(34)31-11-6-5-7-12-31/h8-10,13-14,28H,5-7,11-12,15H2,1-4H3. The lowest BCUT2D eigenvalue weighted by molar-refractivity contribution is -0.130. The molecule has 5 rings (SSSR count). The minimum Gasteiger partial charge on any atom is -0.342 e. The molecule has 0 radical (unpaired) electrons. The highest BCUT2D eigenvalue weighted by atomic mass is 32.2. The van der Waals surface area contributed by atoms with Crippen LogP contribution in [0.15, 0.2) is 39.9 Å². The molecule has 1 aromatic heterocycles. The van der Waals surface area contributed by atoms with Gasteiger partial charge < -0.3 is 9.47 Å². The fourth-order valence-corrected chi connectivity index (χ4v) is 5.80. The maximum absolute atomic E-state index is 12.9. The van der Waals surface area contributed by atoms with Crippen LogP contribution in [-0.4, -0.2) is 55.4 Å². The number of rotatable bonds is 4. The van der Waals surface area contributed by atoms with E-state index >= 15 is 0 Å². The third-order valence-corrected chi connectivity index (χ3v) is 8.00. The molecule has 4 heterocycles. The van der Waals surface area contributed by atoms with Gasteiger partial charge in [-0.3, -0.25) is 15.0 Å². The number of carbonyl (C=O) groups is 2. The molecular formula is C27H30N6O2S. The van der Waals surface area contributed by atoms with Crippen molar-refractivity contribution in [3.63, 3.8) is 0 Å². The molecule has 2 amide bonds. The number of aryl methyl sites for hydroxylation is 2. The van der Waals surface area contributed by atoms with Gasteiger partial charge in [0.25, 0.3) is 5.91 Å². The van der Waals surface area contributed by atoms with Crippen LogP contribution in [0, 0.1) is 33.1 Å². The topological polar surface area (TPSA) is 94.1 Å². The molecule has 1 saturated heterocycles. The number of piperidine rings is 1. The molecule has 0 atom stereocenters. The molecule has 1 fully saturated rings. The first-order valence-electron chi connectivity index (χ1n) is 12.3. The fraction of sp³-hybridized carbons (Fsp3) is 0.370. The predicted octanol–water partition coefficient (Wildman–Crippen LogP) is 4.73. The maximum Gasteiger partial charge on any atom is 0.283 e. The van der Waals surface area contributed by atoms with E-state index in [1.54, 1.807) is 6.08 Å². The highest BCUT2D eigenvalue weighted by Crippen LogP contribution is 2.31. The number of hydrazone groups is 1. The van der Waals surface area contributed by atoms with Gasteiger partial charge in [0.2, 0.25) is 11.1 Å². The van der Waals surface area contributed by atoms with Crippen molar-refractivity contribution in [3.8, 4) is 5.69 Å². The van der Waals surface area contributed by atoms with Crippen molar-refractivity contribution in [2.45, 2.75) is 53.4 Å². The lowest BCUT2D eigenvalue weighted by Gasteiger charge is -2.26. The van der Waals surface area contributed by atoms with Gasteiger partial charge in [0.15, 0.2) is 5.84 Å². The van der Waals surface area contributed by atoms with Crippen molar-refractivity contribution >= 4 is 45.7 Å². The van der Waals surface area contributed by atoms with Crippen LogP contribution in [0.25, 0.3) is 11.8 Å².